The van der Waals surface area contributed by atoms with E-state index < -0.39 is 29.4 Å². The number of urea groups is 1. The Morgan fingerprint density at radius 1 is 1.15 bits per heavy atom. The molecule has 0 saturated heterocycles. The Bertz CT molecular complexity index is 1460. The molecule has 10 nitrogen and oxygen atoms in total. The summed E-state index contributed by atoms with van der Waals surface area (Å²) in [6, 6.07) is 14.6. The first-order chi connectivity index (χ1) is 16.3. The molecule has 0 aliphatic rings. The molecule has 34 heavy (non-hydrogen) atoms. The largest absolute Gasteiger partial charge is 0.512 e. The second kappa shape index (κ2) is 9.24. The lowest BCUT2D eigenvalue weighted by molar-refractivity contribution is 0.140. The van der Waals surface area contributed by atoms with Crippen LogP contribution >= 0.6 is 11.3 Å². The van der Waals surface area contributed by atoms with E-state index in [-0.39, 0.29) is 11.9 Å². The molecule has 0 fully saturated rings. The van der Waals surface area contributed by atoms with Crippen molar-refractivity contribution < 1.29 is 24.5 Å². The highest BCUT2D eigenvalue weighted by atomic mass is 32.1. The van der Waals surface area contributed by atoms with Crippen molar-refractivity contribution in [2.75, 3.05) is 5.32 Å². The molecule has 174 valence electrons. The molecule has 0 spiro atoms. The molecule has 0 saturated carbocycles. The summed E-state index contributed by atoms with van der Waals surface area (Å²) in [6.07, 6.45) is -1.73. The summed E-state index contributed by atoms with van der Waals surface area (Å²) >= 11 is 1.17. The van der Waals surface area contributed by atoms with E-state index in [4.69, 9.17) is 5.11 Å². The third-order valence-electron chi connectivity index (χ3n) is 5.17. The van der Waals surface area contributed by atoms with E-state index in [0.29, 0.717) is 10.6 Å². The number of hydrogen-bond donors (Lipinski definition) is 4. The average molecular weight is 481 g/mol. The van der Waals surface area contributed by atoms with Gasteiger partial charge in [0.2, 0.25) is 5.75 Å². The molecular formula is C23H20N4O6S. The SMILES string of the molecule is CC(NC(=O)Nc1ccsc1-c1nc(OC(=O)O)c(O)c(=O)n1C)c1cccc2ccccc12. The first kappa shape index (κ1) is 22.8. The van der Waals surface area contributed by atoms with E-state index in [1.807, 2.05) is 49.4 Å². The van der Waals surface area contributed by atoms with Crippen LogP contribution in [0.5, 0.6) is 11.6 Å². The maximum Gasteiger partial charge on any atom is 0.512 e. The highest BCUT2D eigenvalue weighted by Crippen LogP contribution is 2.34. The van der Waals surface area contributed by atoms with Gasteiger partial charge in [0.25, 0.3) is 11.4 Å². The monoisotopic (exact) mass is 480 g/mol. The van der Waals surface area contributed by atoms with Crippen LogP contribution in [0.1, 0.15) is 18.5 Å². The van der Waals surface area contributed by atoms with Gasteiger partial charge in [-0.2, -0.15) is 4.98 Å². The molecule has 2 amide bonds. The highest BCUT2D eigenvalue weighted by molar-refractivity contribution is 7.14. The molecule has 0 aliphatic carbocycles. The van der Waals surface area contributed by atoms with Gasteiger partial charge in [-0.1, -0.05) is 42.5 Å². The van der Waals surface area contributed by atoms with E-state index in [0.717, 1.165) is 20.9 Å². The van der Waals surface area contributed by atoms with Gasteiger partial charge in [0.15, 0.2) is 5.82 Å². The van der Waals surface area contributed by atoms with Crippen LogP contribution in [0, 0.1) is 0 Å². The first-order valence-corrected chi connectivity index (χ1v) is 11.0. The third-order valence-corrected chi connectivity index (χ3v) is 6.08. The smallest absolute Gasteiger partial charge is 0.499 e. The zero-order chi connectivity index (χ0) is 24.4. The van der Waals surface area contributed by atoms with Crippen molar-refractivity contribution in [2.45, 2.75) is 13.0 Å². The van der Waals surface area contributed by atoms with Gasteiger partial charge in [-0.05, 0) is 34.7 Å². The van der Waals surface area contributed by atoms with Crippen molar-refractivity contribution in [1.82, 2.24) is 14.9 Å². The topological polar surface area (TPSA) is 143 Å². The van der Waals surface area contributed by atoms with Gasteiger partial charge in [0.05, 0.1) is 16.6 Å². The molecule has 1 atom stereocenters. The highest BCUT2D eigenvalue weighted by Gasteiger charge is 2.22. The summed E-state index contributed by atoms with van der Waals surface area (Å²) in [4.78, 5) is 40.4. The van der Waals surface area contributed by atoms with Crippen molar-refractivity contribution in [2.24, 2.45) is 7.05 Å². The molecule has 4 rings (SSSR count). The molecule has 2 aromatic heterocycles. The predicted octanol–water partition coefficient (Wildman–Crippen LogP) is 4.31. The lowest BCUT2D eigenvalue weighted by Crippen LogP contribution is -2.31. The second-order valence-corrected chi connectivity index (χ2v) is 8.29. The van der Waals surface area contributed by atoms with E-state index >= 15 is 0 Å². The molecule has 0 aliphatic heterocycles. The maximum absolute atomic E-state index is 12.8. The van der Waals surface area contributed by atoms with Crippen molar-refractivity contribution in [3.8, 4) is 22.3 Å². The Labute approximate surface area is 197 Å². The van der Waals surface area contributed by atoms with Crippen LogP contribution in [-0.2, 0) is 7.05 Å². The number of ether oxygens (including phenoxy) is 1. The van der Waals surface area contributed by atoms with Crippen molar-refractivity contribution in [3.63, 3.8) is 0 Å². The van der Waals surface area contributed by atoms with Gasteiger partial charge in [-0.25, -0.2) is 9.59 Å². The van der Waals surface area contributed by atoms with Crippen molar-refractivity contribution in [1.29, 1.82) is 0 Å². The number of benzene rings is 2. The number of rotatable bonds is 5. The number of aromatic hydroxyl groups is 1. The summed E-state index contributed by atoms with van der Waals surface area (Å²) in [6.45, 7) is 1.87. The predicted molar refractivity (Wildman–Crippen MR) is 128 cm³/mol. The second-order valence-electron chi connectivity index (χ2n) is 7.37. The van der Waals surface area contributed by atoms with Crippen LogP contribution in [0.2, 0.25) is 0 Å². The average Bonchev–Trinajstić information content (AvgIpc) is 3.26. The minimum atomic E-state index is -1.73. The van der Waals surface area contributed by atoms with Gasteiger partial charge < -0.3 is 25.6 Å². The Balaban J connectivity index is 1.59. The van der Waals surface area contributed by atoms with E-state index in [2.05, 4.69) is 20.4 Å². The van der Waals surface area contributed by atoms with E-state index in [1.165, 1.54) is 18.4 Å². The molecule has 0 bridgehead atoms. The fourth-order valence-electron chi connectivity index (χ4n) is 3.57. The number of nitrogens with one attached hydrogen (secondary N) is 2. The molecule has 2 aromatic carbocycles. The summed E-state index contributed by atoms with van der Waals surface area (Å²) in [7, 11) is 1.36. The van der Waals surface area contributed by atoms with Crippen LogP contribution in [-0.4, -0.2) is 32.0 Å². The van der Waals surface area contributed by atoms with Crippen LogP contribution in [0.15, 0.2) is 58.7 Å². The Morgan fingerprint density at radius 3 is 2.65 bits per heavy atom. The number of thiophene rings is 1. The molecule has 2 heterocycles. The number of hydrogen-bond acceptors (Lipinski definition) is 7. The van der Waals surface area contributed by atoms with Crippen LogP contribution < -0.4 is 20.9 Å². The Kier molecular flexibility index (Phi) is 6.19. The minimum absolute atomic E-state index is 0.0199. The van der Waals surface area contributed by atoms with Crippen LogP contribution in [0.4, 0.5) is 15.3 Å². The van der Waals surface area contributed by atoms with Crippen LogP contribution in [0.25, 0.3) is 21.5 Å². The lowest BCUT2D eigenvalue weighted by Gasteiger charge is -2.17. The Hall–Kier alpha value is -4.38. The summed E-state index contributed by atoms with van der Waals surface area (Å²) in [5, 5.41) is 28.1. The lowest BCUT2D eigenvalue weighted by atomic mass is 10.00. The number of amides is 2. The number of carbonyl (C=O) groups excluding carboxylic acids is 1. The number of nitrogens with zero attached hydrogens (tertiary/aromatic N) is 2. The molecular weight excluding hydrogens is 460 g/mol. The fourth-order valence-corrected chi connectivity index (χ4v) is 4.44. The van der Waals surface area contributed by atoms with Gasteiger partial charge in [0, 0.05) is 7.05 Å². The van der Waals surface area contributed by atoms with Gasteiger partial charge in [-0.15, -0.1) is 11.3 Å². The summed E-state index contributed by atoms with van der Waals surface area (Å²) in [5.41, 5.74) is 0.411. The number of carbonyl (C=O) groups is 2. The zero-order valence-electron chi connectivity index (χ0n) is 18.1. The number of aromatic nitrogens is 2. The third kappa shape index (κ3) is 4.41. The molecule has 4 aromatic rings. The van der Waals surface area contributed by atoms with Gasteiger partial charge >= 0.3 is 12.2 Å². The minimum Gasteiger partial charge on any atom is -0.499 e. The van der Waals surface area contributed by atoms with Crippen LogP contribution in [0.3, 0.4) is 0 Å². The molecule has 1 unspecified atom stereocenters. The first-order valence-electron chi connectivity index (χ1n) is 10.1. The van der Waals surface area contributed by atoms with Gasteiger partial charge in [-0.3, -0.25) is 9.36 Å². The number of fused-ring (bicyclic) bond motifs is 1. The molecule has 4 N–H and O–H groups in total. The molecule has 0 radical (unpaired) electrons. The quantitative estimate of drug-likeness (QED) is 0.312. The van der Waals surface area contributed by atoms with Gasteiger partial charge in [0.1, 0.15) is 0 Å². The zero-order valence-corrected chi connectivity index (χ0v) is 18.9. The number of anilines is 1. The summed E-state index contributed by atoms with van der Waals surface area (Å²) in [5.74, 6) is -1.65. The maximum atomic E-state index is 12.8. The molecule has 11 heteroatoms. The summed E-state index contributed by atoms with van der Waals surface area (Å²) < 4.78 is 5.46. The number of carboxylic acid groups (broad SMARTS) is 1. The standard InChI is InChI=1S/C23H20N4O6S/c1-12(14-9-5-7-13-6-3-4-8-15(13)14)24-22(30)25-16-10-11-34-18(16)19-26-20(33-23(31)32)17(28)21(29)27(19)2/h3-12,28H,1-2H3,(H,31,32)(H2,24,25,30). The fraction of sp³-hybridized carbons (Fsp3) is 0.130. The van der Waals surface area contributed by atoms with Crippen molar-refractivity contribution >= 4 is 40.0 Å². The van der Waals surface area contributed by atoms with Crippen molar-refractivity contribution in [3.05, 3.63) is 69.8 Å². The van der Waals surface area contributed by atoms with E-state index in [9.17, 15) is 19.5 Å². The normalized spacial score (nSPS) is 11.7. The Morgan fingerprint density at radius 2 is 1.88 bits per heavy atom. The van der Waals surface area contributed by atoms with E-state index in [1.54, 1.807) is 11.4 Å².